The smallest absolute Gasteiger partial charge is 0.286 e. The minimum atomic E-state index is -1.53. The Kier molecular flexibility index (Phi) is 27.3. The number of halogens is 2. The molecule has 0 spiro atoms. The van der Waals surface area contributed by atoms with Crippen LogP contribution in [0.1, 0.15) is 84.0 Å². The van der Waals surface area contributed by atoms with Crippen molar-refractivity contribution in [3.05, 3.63) is 0 Å². The lowest BCUT2D eigenvalue weighted by Gasteiger charge is -2.10. The van der Waals surface area contributed by atoms with Crippen LogP contribution in [0.2, 0.25) is 6.04 Å². The molecule has 0 aliphatic heterocycles. The second-order valence-electron chi connectivity index (χ2n) is 6.65. The Bertz CT molecular complexity index is 290. The molecule has 27 heavy (non-hydrogen) atoms. The van der Waals surface area contributed by atoms with Crippen molar-refractivity contribution in [3.8, 4) is 0 Å². The fourth-order valence-electron chi connectivity index (χ4n) is 2.66. The lowest BCUT2D eigenvalue weighted by molar-refractivity contribution is 0.388. The first-order valence-corrected chi connectivity index (χ1v) is 20.8. The molecule has 0 saturated carbocycles. The molecule has 0 radical (unpaired) electrons. The van der Waals surface area contributed by atoms with E-state index in [1.54, 1.807) is 0 Å². The first-order valence-electron chi connectivity index (χ1n) is 10.4. The molecule has 0 saturated heterocycles. The highest BCUT2D eigenvalue weighted by Crippen LogP contribution is 2.14. The SMILES string of the molecule is CCCCCCCCCCCCCC[SiH](Cl)O[SiH2]O[SiH2]O[SiH2]O[SiH2]O[SiH2]Cl. The number of hydrogen-bond acceptors (Lipinski definition) is 5. The van der Waals surface area contributed by atoms with E-state index in [1.165, 1.54) is 77.0 Å². The van der Waals surface area contributed by atoms with Crippen molar-refractivity contribution in [2.24, 2.45) is 0 Å². The van der Waals surface area contributed by atoms with Crippen LogP contribution in [0.5, 0.6) is 0 Å². The Morgan fingerprint density at radius 3 is 1.59 bits per heavy atom. The normalized spacial score (nSPS) is 14.8. The Morgan fingerprint density at radius 1 is 0.630 bits per heavy atom. The molecule has 0 amide bonds. The van der Waals surface area contributed by atoms with Crippen molar-refractivity contribution in [1.82, 2.24) is 0 Å². The van der Waals surface area contributed by atoms with Gasteiger partial charge in [-0.25, -0.2) is 0 Å². The topological polar surface area (TPSA) is 46.2 Å². The lowest BCUT2D eigenvalue weighted by atomic mass is 10.1. The van der Waals surface area contributed by atoms with E-state index in [-0.39, 0.29) is 0 Å². The van der Waals surface area contributed by atoms with E-state index in [2.05, 4.69) is 6.92 Å². The summed E-state index contributed by atoms with van der Waals surface area (Å²) in [6.45, 7) is 2.27. The fraction of sp³-hybridized carbons (Fsp3) is 1.00. The molecule has 1 atom stereocenters. The Labute approximate surface area is 189 Å². The molecule has 0 aromatic carbocycles. The zero-order valence-corrected chi connectivity index (χ0v) is 26.8. The number of rotatable bonds is 23. The molecule has 0 fully saturated rings. The summed E-state index contributed by atoms with van der Waals surface area (Å²) in [5.41, 5.74) is 0. The Hall–Kier alpha value is 1.68. The van der Waals surface area contributed by atoms with E-state index < -0.39 is 57.4 Å². The molecular formula is C14H40Cl2O5Si6. The van der Waals surface area contributed by atoms with E-state index in [9.17, 15) is 0 Å². The number of unbranched alkanes of at least 4 members (excludes halogenated alkanes) is 11. The van der Waals surface area contributed by atoms with Gasteiger partial charge in [-0.1, -0.05) is 84.0 Å². The van der Waals surface area contributed by atoms with Crippen molar-refractivity contribution in [2.75, 3.05) is 0 Å². The van der Waals surface area contributed by atoms with E-state index >= 15 is 0 Å². The van der Waals surface area contributed by atoms with E-state index in [0.29, 0.717) is 0 Å². The van der Waals surface area contributed by atoms with Crippen molar-refractivity contribution in [3.63, 3.8) is 0 Å². The maximum atomic E-state index is 6.32. The van der Waals surface area contributed by atoms with Crippen LogP contribution in [0.15, 0.2) is 0 Å². The molecule has 1 unspecified atom stereocenters. The Balaban J connectivity index is 3.12. The average Bonchev–Trinajstić information content (AvgIpc) is 2.67. The monoisotopic (exact) mass is 526 g/mol. The highest BCUT2D eigenvalue weighted by Gasteiger charge is 2.07. The van der Waals surface area contributed by atoms with E-state index in [1.807, 2.05) is 0 Å². The van der Waals surface area contributed by atoms with Gasteiger partial charge in [0.1, 0.15) is 0 Å². The van der Waals surface area contributed by atoms with Gasteiger partial charge < -0.3 is 20.6 Å². The van der Waals surface area contributed by atoms with Crippen LogP contribution in [0, 0.1) is 0 Å². The summed E-state index contributed by atoms with van der Waals surface area (Å²) >= 11 is 11.8. The van der Waals surface area contributed by atoms with Gasteiger partial charge in [-0.15, -0.1) is 22.2 Å². The quantitative estimate of drug-likeness (QED) is 0.114. The third-order valence-corrected chi connectivity index (χ3v) is 15.5. The summed E-state index contributed by atoms with van der Waals surface area (Å²) in [6, 6.07) is 1.06. The van der Waals surface area contributed by atoms with E-state index in [0.717, 1.165) is 6.04 Å². The zero-order chi connectivity index (χ0) is 19.8. The summed E-state index contributed by atoms with van der Waals surface area (Å²) in [5.74, 6) is 0. The highest BCUT2D eigenvalue weighted by molar-refractivity contribution is 7.04. The fourth-order valence-corrected chi connectivity index (χ4v) is 12.9. The van der Waals surface area contributed by atoms with Crippen LogP contribution in [0.25, 0.3) is 0 Å². The van der Waals surface area contributed by atoms with Gasteiger partial charge >= 0.3 is 0 Å². The first-order chi connectivity index (χ1) is 13.3. The zero-order valence-electron chi connectivity index (χ0n) is 17.1. The van der Waals surface area contributed by atoms with Crippen LogP contribution in [-0.2, 0) is 20.6 Å². The standard InChI is InChI=1S/C14H40Cl2O5Si6/c1-2-3-4-5-6-7-8-9-10-11-12-13-14-27(16)21-26-20-25-19-24-18-23-17-22-15/h27H,2-14,22-26H2,1H3. The van der Waals surface area contributed by atoms with Gasteiger partial charge in [-0.2, -0.15) is 0 Å². The van der Waals surface area contributed by atoms with Gasteiger partial charge in [-0.3, -0.25) is 0 Å². The Morgan fingerprint density at radius 2 is 1.07 bits per heavy atom. The lowest BCUT2D eigenvalue weighted by Crippen LogP contribution is -2.21. The minimum absolute atomic E-state index is 0.830. The predicted molar refractivity (Wildman–Crippen MR) is 133 cm³/mol. The maximum Gasteiger partial charge on any atom is 0.286 e. The highest BCUT2D eigenvalue weighted by atomic mass is 35.6. The predicted octanol–water partition coefficient (Wildman–Crippen LogP) is 1.46. The van der Waals surface area contributed by atoms with Gasteiger partial charge in [-0.05, 0) is 6.04 Å². The molecule has 13 heteroatoms. The molecule has 0 aromatic rings. The second kappa shape index (κ2) is 25.7. The second-order valence-corrected chi connectivity index (χ2v) is 19.2. The average molecular weight is 528 g/mol. The molecule has 0 aliphatic rings. The largest absolute Gasteiger partial charge is 0.433 e. The van der Waals surface area contributed by atoms with Crippen molar-refractivity contribution in [1.29, 1.82) is 0 Å². The van der Waals surface area contributed by atoms with Crippen molar-refractivity contribution in [2.45, 2.75) is 90.0 Å². The molecule has 0 heterocycles. The van der Waals surface area contributed by atoms with Crippen molar-refractivity contribution >= 4 is 79.6 Å². The maximum absolute atomic E-state index is 6.32. The third kappa shape index (κ3) is 25.6. The van der Waals surface area contributed by atoms with Gasteiger partial charge in [0, 0.05) is 0 Å². The third-order valence-electron chi connectivity index (χ3n) is 4.19. The minimum Gasteiger partial charge on any atom is -0.433 e. The molecular weight excluding hydrogens is 488 g/mol. The van der Waals surface area contributed by atoms with Crippen LogP contribution in [0.4, 0.5) is 0 Å². The van der Waals surface area contributed by atoms with Crippen LogP contribution in [0.3, 0.4) is 0 Å². The number of hydrogen-bond donors (Lipinski definition) is 0. The van der Waals surface area contributed by atoms with Gasteiger partial charge in [0.25, 0.3) is 48.4 Å². The van der Waals surface area contributed by atoms with Crippen LogP contribution < -0.4 is 0 Å². The molecule has 164 valence electrons. The summed E-state index contributed by atoms with van der Waals surface area (Å²) in [7, 11) is -6.00. The van der Waals surface area contributed by atoms with Crippen LogP contribution >= 0.6 is 22.2 Å². The molecule has 0 bridgehead atoms. The van der Waals surface area contributed by atoms with Gasteiger partial charge in [0.15, 0.2) is 0 Å². The first kappa shape index (κ1) is 28.7. The molecule has 5 nitrogen and oxygen atoms in total. The van der Waals surface area contributed by atoms with E-state index in [4.69, 9.17) is 42.7 Å². The summed E-state index contributed by atoms with van der Waals surface area (Å²) < 4.78 is 27.1. The molecule has 0 rings (SSSR count). The summed E-state index contributed by atoms with van der Waals surface area (Å²) in [6.07, 6.45) is 16.5. The van der Waals surface area contributed by atoms with Crippen molar-refractivity contribution < 1.29 is 20.6 Å². The summed E-state index contributed by atoms with van der Waals surface area (Å²) in [4.78, 5) is 0. The van der Waals surface area contributed by atoms with Crippen LogP contribution in [-0.4, -0.2) is 57.4 Å². The molecule has 0 aromatic heterocycles. The molecule has 0 N–H and O–H groups in total. The van der Waals surface area contributed by atoms with Gasteiger partial charge in [0.05, 0.1) is 0 Å². The molecule has 0 aliphatic carbocycles. The van der Waals surface area contributed by atoms with Gasteiger partial charge in [0.2, 0.25) is 9.07 Å². The summed E-state index contributed by atoms with van der Waals surface area (Å²) in [5, 5.41) is 0.